The van der Waals surface area contributed by atoms with Crippen LogP contribution in [0.15, 0.2) is 30.3 Å². The molecule has 0 radical (unpaired) electrons. The Hall–Kier alpha value is -2.41. The Morgan fingerprint density at radius 2 is 1.67 bits per heavy atom. The van der Waals surface area contributed by atoms with Crippen LogP contribution in [-0.2, 0) is 19.1 Å². The van der Waals surface area contributed by atoms with E-state index in [1.807, 2.05) is 37.3 Å². The number of rotatable bonds is 6. The van der Waals surface area contributed by atoms with E-state index >= 15 is 0 Å². The van der Waals surface area contributed by atoms with Crippen molar-refractivity contribution in [3.63, 3.8) is 0 Å². The number of nitrogens with one attached hydrogen (secondary N) is 1. The topological polar surface area (TPSA) is 95.9 Å². The van der Waals surface area contributed by atoms with Gasteiger partial charge in [0.1, 0.15) is 6.04 Å². The smallest absolute Gasteiger partial charge is 0.329 e. The van der Waals surface area contributed by atoms with E-state index in [-0.39, 0.29) is 30.3 Å². The standard InChI is InChI=1S/C26H34N2O5/c1-16(20-5-3-2-4-6-20)27-23(30)15-33-24(31)22-10-21(29)14-28(22)25(32)26-11-17-7-18(12-26)9-19(8-17)13-26/h2-6,16-19,21-22,29H,7-15H2,1H3,(H,27,30). The van der Waals surface area contributed by atoms with Crippen molar-refractivity contribution >= 4 is 17.8 Å². The number of hydrogen-bond acceptors (Lipinski definition) is 5. The van der Waals surface area contributed by atoms with Crippen LogP contribution < -0.4 is 5.32 Å². The lowest BCUT2D eigenvalue weighted by molar-refractivity contribution is -0.166. The zero-order valence-electron chi connectivity index (χ0n) is 19.2. The minimum absolute atomic E-state index is 0.0160. The number of esters is 1. The second kappa shape index (κ2) is 8.75. The maximum atomic E-state index is 13.7. The zero-order chi connectivity index (χ0) is 23.2. The van der Waals surface area contributed by atoms with E-state index in [2.05, 4.69) is 5.32 Å². The molecule has 1 aliphatic heterocycles. The Balaban J connectivity index is 1.20. The van der Waals surface area contributed by atoms with Crippen molar-refractivity contribution < 1.29 is 24.2 Å². The molecule has 5 fully saturated rings. The fourth-order valence-electron chi connectivity index (χ4n) is 7.28. The number of likely N-dealkylation sites (tertiary alicyclic amines) is 1. The second-order valence-electron chi connectivity index (χ2n) is 10.9. The normalized spacial score (nSPS) is 35.3. The minimum atomic E-state index is -0.820. The molecular formula is C26H34N2O5. The Kier molecular flexibility index (Phi) is 5.93. The first-order valence-electron chi connectivity index (χ1n) is 12.3. The second-order valence-corrected chi connectivity index (χ2v) is 10.9. The number of carbonyl (C=O) groups is 3. The molecule has 1 aromatic rings. The van der Waals surface area contributed by atoms with Gasteiger partial charge in [0.15, 0.2) is 6.61 Å². The van der Waals surface area contributed by atoms with Gasteiger partial charge < -0.3 is 20.1 Å². The summed E-state index contributed by atoms with van der Waals surface area (Å²) in [5, 5.41) is 13.1. The Labute approximate surface area is 194 Å². The van der Waals surface area contributed by atoms with Crippen molar-refractivity contribution in [1.82, 2.24) is 10.2 Å². The first-order valence-corrected chi connectivity index (χ1v) is 12.3. The molecule has 5 aliphatic rings. The number of aliphatic hydroxyl groups excluding tert-OH is 1. The number of hydrogen-bond donors (Lipinski definition) is 2. The molecule has 0 spiro atoms. The molecular weight excluding hydrogens is 420 g/mol. The number of carbonyl (C=O) groups excluding carboxylic acids is 3. The minimum Gasteiger partial charge on any atom is -0.454 e. The summed E-state index contributed by atoms with van der Waals surface area (Å²) in [6.45, 7) is 1.63. The monoisotopic (exact) mass is 454 g/mol. The van der Waals surface area contributed by atoms with Gasteiger partial charge in [-0.1, -0.05) is 30.3 Å². The maximum absolute atomic E-state index is 13.7. The molecule has 178 valence electrons. The van der Waals surface area contributed by atoms with Gasteiger partial charge in [0.05, 0.1) is 17.6 Å². The summed E-state index contributed by atoms with van der Waals surface area (Å²) in [5.41, 5.74) is 0.586. The molecule has 7 nitrogen and oxygen atoms in total. The fraction of sp³-hybridized carbons (Fsp3) is 0.654. The molecule has 1 saturated heterocycles. The van der Waals surface area contributed by atoms with Crippen molar-refractivity contribution in [2.45, 2.75) is 70.1 Å². The van der Waals surface area contributed by atoms with Crippen molar-refractivity contribution in [3.05, 3.63) is 35.9 Å². The van der Waals surface area contributed by atoms with Crippen LogP contribution in [0.2, 0.25) is 0 Å². The zero-order valence-corrected chi connectivity index (χ0v) is 19.2. The summed E-state index contributed by atoms with van der Waals surface area (Å²) >= 11 is 0. The fourth-order valence-corrected chi connectivity index (χ4v) is 7.28. The molecule has 7 heteroatoms. The van der Waals surface area contributed by atoms with Gasteiger partial charge in [-0.05, 0) is 68.8 Å². The van der Waals surface area contributed by atoms with Crippen LogP contribution in [0.3, 0.4) is 0 Å². The highest BCUT2D eigenvalue weighted by Gasteiger charge is 2.57. The number of aliphatic hydroxyl groups is 1. The lowest BCUT2D eigenvalue weighted by atomic mass is 9.49. The molecule has 4 aliphatic carbocycles. The largest absolute Gasteiger partial charge is 0.454 e. The van der Waals surface area contributed by atoms with Gasteiger partial charge >= 0.3 is 5.97 Å². The third-order valence-electron chi connectivity index (χ3n) is 8.33. The number of benzene rings is 1. The molecule has 2 amide bonds. The molecule has 4 bridgehead atoms. The molecule has 1 heterocycles. The predicted molar refractivity (Wildman–Crippen MR) is 121 cm³/mol. The average Bonchev–Trinajstić information content (AvgIpc) is 3.18. The van der Waals surface area contributed by atoms with Gasteiger partial charge in [-0.2, -0.15) is 0 Å². The van der Waals surface area contributed by atoms with Gasteiger partial charge in [-0.25, -0.2) is 4.79 Å². The molecule has 3 unspecified atom stereocenters. The highest BCUT2D eigenvalue weighted by molar-refractivity contribution is 5.90. The van der Waals surface area contributed by atoms with E-state index < -0.39 is 30.6 Å². The predicted octanol–water partition coefficient (Wildman–Crippen LogP) is 2.59. The van der Waals surface area contributed by atoms with E-state index in [4.69, 9.17) is 4.74 Å². The number of ether oxygens (including phenoxy) is 1. The van der Waals surface area contributed by atoms with Crippen LogP contribution in [0.4, 0.5) is 0 Å². The highest BCUT2D eigenvalue weighted by Crippen LogP contribution is 2.60. The molecule has 2 N–H and O–H groups in total. The van der Waals surface area contributed by atoms with E-state index in [0.717, 1.165) is 24.8 Å². The van der Waals surface area contributed by atoms with Crippen LogP contribution >= 0.6 is 0 Å². The molecule has 1 aromatic carbocycles. The van der Waals surface area contributed by atoms with E-state index in [9.17, 15) is 19.5 Å². The summed E-state index contributed by atoms with van der Waals surface area (Å²) in [4.78, 5) is 40.5. The first-order chi connectivity index (χ1) is 15.8. The van der Waals surface area contributed by atoms with Gasteiger partial charge in [0.25, 0.3) is 5.91 Å². The highest BCUT2D eigenvalue weighted by atomic mass is 16.5. The van der Waals surface area contributed by atoms with Gasteiger partial charge in [0, 0.05) is 13.0 Å². The Morgan fingerprint density at radius 1 is 1.06 bits per heavy atom. The third-order valence-corrected chi connectivity index (χ3v) is 8.33. The average molecular weight is 455 g/mol. The molecule has 6 rings (SSSR count). The van der Waals surface area contributed by atoms with E-state index in [0.29, 0.717) is 17.8 Å². The quantitative estimate of drug-likeness (QED) is 0.644. The summed E-state index contributed by atoms with van der Waals surface area (Å²) in [5.74, 6) is 0.877. The molecule has 4 saturated carbocycles. The van der Waals surface area contributed by atoms with Crippen LogP contribution in [0.5, 0.6) is 0 Å². The van der Waals surface area contributed by atoms with Crippen molar-refractivity contribution in [3.8, 4) is 0 Å². The van der Waals surface area contributed by atoms with Crippen LogP contribution in [0.1, 0.15) is 63.5 Å². The lowest BCUT2D eigenvalue weighted by Crippen LogP contribution is -2.56. The van der Waals surface area contributed by atoms with E-state index in [1.54, 1.807) is 4.90 Å². The molecule has 3 atom stereocenters. The van der Waals surface area contributed by atoms with Gasteiger partial charge in [-0.3, -0.25) is 9.59 Å². The van der Waals surface area contributed by atoms with Crippen molar-refractivity contribution in [1.29, 1.82) is 0 Å². The van der Waals surface area contributed by atoms with Crippen molar-refractivity contribution in [2.24, 2.45) is 23.2 Å². The summed E-state index contributed by atoms with van der Waals surface area (Å²) in [6.07, 6.45) is 5.85. The van der Waals surface area contributed by atoms with Crippen LogP contribution in [0.25, 0.3) is 0 Å². The van der Waals surface area contributed by atoms with Crippen molar-refractivity contribution in [2.75, 3.05) is 13.2 Å². The molecule has 0 aromatic heterocycles. The first kappa shape index (κ1) is 22.4. The summed E-state index contributed by atoms with van der Waals surface area (Å²) in [7, 11) is 0. The van der Waals surface area contributed by atoms with Gasteiger partial charge in [-0.15, -0.1) is 0 Å². The van der Waals surface area contributed by atoms with Crippen LogP contribution in [-0.4, -0.2) is 53.1 Å². The maximum Gasteiger partial charge on any atom is 0.329 e. The Bertz CT molecular complexity index is 881. The molecule has 33 heavy (non-hydrogen) atoms. The summed E-state index contributed by atoms with van der Waals surface area (Å²) < 4.78 is 5.32. The Morgan fingerprint density at radius 3 is 2.27 bits per heavy atom. The van der Waals surface area contributed by atoms with Gasteiger partial charge in [0.2, 0.25) is 5.91 Å². The summed E-state index contributed by atoms with van der Waals surface area (Å²) in [6, 6.07) is 8.53. The lowest BCUT2D eigenvalue weighted by Gasteiger charge is -2.56. The van der Waals surface area contributed by atoms with Crippen LogP contribution in [0, 0.1) is 23.2 Å². The number of amides is 2. The third kappa shape index (κ3) is 4.39. The van der Waals surface area contributed by atoms with E-state index in [1.165, 1.54) is 19.3 Å². The number of nitrogens with zero attached hydrogens (tertiary/aromatic N) is 1. The number of β-amino-alcohol motifs (C(OH)–C–C–N with tert-alkyl or cyclic N) is 1. The SMILES string of the molecule is CC(NC(=O)COC(=O)C1CC(O)CN1C(=O)C12CC3CC(CC(C3)C1)C2)c1ccccc1.